The summed E-state index contributed by atoms with van der Waals surface area (Å²) in [6.07, 6.45) is 1.18. The van der Waals surface area contributed by atoms with Gasteiger partial charge in [-0.05, 0) is 39.0 Å². The lowest BCUT2D eigenvalue weighted by Crippen LogP contribution is -2.30. The number of carbonyl (C=O) groups is 2. The Morgan fingerprint density at radius 1 is 1.21 bits per heavy atom. The van der Waals surface area contributed by atoms with Crippen LogP contribution in [0, 0.1) is 5.82 Å². The van der Waals surface area contributed by atoms with Crippen LogP contribution in [0.5, 0.6) is 0 Å². The van der Waals surface area contributed by atoms with Gasteiger partial charge in [0.15, 0.2) is 5.44 Å². The standard InChI is InChI=1S/C17H19FN3O6P/c1-4-25-15(22)13-10(18)7-8-11-14(13)17(16(23)19-11)9-12(20-21-17)28(24,26-5-2)27-6-3/h7-9H,4-6H2,1-3H3,(H,19,23). The van der Waals surface area contributed by atoms with Crippen molar-refractivity contribution in [1.82, 2.24) is 0 Å². The smallest absolute Gasteiger partial charge is 0.381 e. The van der Waals surface area contributed by atoms with Gasteiger partial charge in [0.25, 0.3) is 5.91 Å². The van der Waals surface area contributed by atoms with Crippen molar-refractivity contribution >= 4 is 25.2 Å². The fourth-order valence-corrected chi connectivity index (χ4v) is 4.58. The van der Waals surface area contributed by atoms with Crippen molar-refractivity contribution < 1.29 is 32.3 Å². The Labute approximate surface area is 160 Å². The van der Waals surface area contributed by atoms with E-state index < -0.39 is 36.4 Å². The topological polar surface area (TPSA) is 116 Å². The normalized spacial score (nSPS) is 20.3. The quantitative estimate of drug-likeness (QED) is 0.540. The van der Waals surface area contributed by atoms with E-state index in [-0.39, 0.29) is 36.5 Å². The van der Waals surface area contributed by atoms with E-state index in [4.69, 9.17) is 13.8 Å². The zero-order chi connectivity index (χ0) is 20.5. The molecule has 11 heteroatoms. The minimum Gasteiger partial charge on any atom is -0.462 e. The number of hydrogen-bond acceptors (Lipinski definition) is 8. The molecular weight excluding hydrogens is 392 g/mol. The van der Waals surface area contributed by atoms with Crippen LogP contribution >= 0.6 is 7.60 Å². The van der Waals surface area contributed by atoms with E-state index in [9.17, 15) is 18.5 Å². The van der Waals surface area contributed by atoms with Crippen molar-refractivity contribution in [3.8, 4) is 0 Å². The Bertz CT molecular complexity index is 937. The van der Waals surface area contributed by atoms with E-state index in [1.807, 2.05) is 0 Å². The summed E-state index contributed by atoms with van der Waals surface area (Å²) in [4.78, 5) is 25.1. The van der Waals surface area contributed by atoms with E-state index >= 15 is 0 Å². The second-order valence-electron chi connectivity index (χ2n) is 5.82. The minimum absolute atomic E-state index is 0.0167. The number of esters is 1. The largest absolute Gasteiger partial charge is 0.462 e. The molecule has 3 rings (SSSR count). The molecule has 0 aliphatic carbocycles. The van der Waals surface area contributed by atoms with E-state index in [1.54, 1.807) is 20.8 Å². The van der Waals surface area contributed by atoms with Crippen LogP contribution in [0.1, 0.15) is 36.7 Å². The fraction of sp³-hybridized carbons (Fsp3) is 0.412. The monoisotopic (exact) mass is 411 g/mol. The van der Waals surface area contributed by atoms with Gasteiger partial charge >= 0.3 is 13.6 Å². The number of rotatable bonds is 7. The Hall–Kier alpha value is -2.42. The number of nitrogens with zero attached hydrogens (tertiary/aromatic N) is 2. The van der Waals surface area contributed by atoms with E-state index in [2.05, 4.69) is 15.5 Å². The molecule has 2 heterocycles. The third kappa shape index (κ3) is 3.07. The summed E-state index contributed by atoms with van der Waals surface area (Å²) < 4.78 is 42.9. The van der Waals surface area contributed by atoms with Crippen LogP contribution in [0.4, 0.5) is 10.1 Å². The van der Waals surface area contributed by atoms with E-state index in [1.165, 1.54) is 12.1 Å². The summed E-state index contributed by atoms with van der Waals surface area (Å²) in [5.41, 5.74) is -2.34. The summed E-state index contributed by atoms with van der Waals surface area (Å²) in [5.74, 6) is -2.48. The third-order valence-corrected chi connectivity index (χ3v) is 6.11. The molecule has 1 aromatic rings. The van der Waals surface area contributed by atoms with Crippen LogP contribution in [0.3, 0.4) is 0 Å². The second kappa shape index (κ2) is 7.54. The molecule has 0 radical (unpaired) electrons. The summed E-state index contributed by atoms with van der Waals surface area (Å²) in [6.45, 7) is 4.99. The lowest BCUT2D eigenvalue weighted by atomic mass is 9.88. The number of amides is 1. The maximum atomic E-state index is 14.5. The van der Waals surface area contributed by atoms with Gasteiger partial charge in [-0.3, -0.25) is 9.36 Å². The zero-order valence-corrected chi connectivity index (χ0v) is 16.4. The molecule has 1 N–H and O–H groups in total. The number of anilines is 1. The van der Waals surface area contributed by atoms with Crippen molar-refractivity contribution in [3.05, 3.63) is 40.6 Å². The predicted octanol–water partition coefficient (Wildman–Crippen LogP) is 3.72. The maximum Gasteiger partial charge on any atom is 0.381 e. The SMILES string of the molecule is CCOC(=O)c1c(F)ccc2c1C1(C=C(P(=O)(OCC)OCC)N=N1)C(=O)N2. The van der Waals surface area contributed by atoms with Crippen LogP contribution in [0.25, 0.3) is 0 Å². The van der Waals surface area contributed by atoms with Crippen LogP contribution in [0.2, 0.25) is 0 Å². The second-order valence-corrected chi connectivity index (χ2v) is 7.79. The van der Waals surface area contributed by atoms with Crippen molar-refractivity contribution in [3.63, 3.8) is 0 Å². The molecule has 1 aromatic carbocycles. The summed E-state index contributed by atoms with van der Waals surface area (Å²) in [7, 11) is -3.84. The molecule has 0 bridgehead atoms. The number of nitrogens with one attached hydrogen (secondary N) is 1. The molecule has 2 aliphatic rings. The lowest BCUT2D eigenvalue weighted by molar-refractivity contribution is -0.119. The first kappa shape index (κ1) is 20.3. The van der Waals surface area contributed by atoms with Crippen LogP contribution in [0.15, 0.2) is 33.9 Å². The fourth-order valence-electron chi connectivity index (χ4n) is 3.06. The van der Waals surface area contributed by atoms with Gasteiger partial charge in [0, 0.05) is 11.3 Å². The third-order valence-electron chi connectivity index (χ3n) is 4.14. The number of ether oxygens (including phenoxy) is 1. The van der Waals surface area contributed by atoms with Crippen molar-refractivity contribution in [2.24, 2.45) is 10.2 Å². The van der Waals surface area contributed by atoms with Crippen molar-refractivity contribution in [1.29, 1.82) is 0 Å². The summed E-state index contributed by atoms with van der Waals surface area (Å²) in [6, 6.07) is 2.36. The molecule has 1 amide bonds. The molecule has 0 fully saturated rings. The Balaban J connectivity index is 2.19. The molecule has 1 spiro atoms. The van der Waals surface area contributed by atoms with Gasteiger partial charge < -0.3 is 19.1 Å². The van der Waals surface area contributed by atoms with Gasteiger partial charge in [-0.1, -0.05) is 0 Å². The van der Waals surface area contributed by atoms with Crippen LogP contribution in [-0.4, -0.2) is 31.7 Å². The van der Waals surface area contributed by atoms with Crippen LogP contribution < -0.4 is 5.32 Å². The highest BCUT2D eigenvalue weighted by molar-refractivity contribution is 7.58. The molecule has 1 atom stereocenters. The number of benzene rings is 1. The molecule has 150 valence electrons. The summed E-state index contributed by atoms with van der Waals surface area (Å²) >= 11 is 0. The van der Waals surface area contributed by atoms with Crippen molar-refractivity contribution in [2.75, 3.05) is 25.1 Å². The van der Waals surface area contributed by atoms with Gasteiger partial charge in [-0.2, -0.15) is 5.11 Å². The number of hydrogen-bond donors (Lipinski definition) is 1. The maximum absolute atomic E-state index is 14.5. The van der Waals surface area contributed by atoms with Gasteiger partial charge in [-0.15, -0.1) is 5.11 Å². The molecule has 2 aliphatic heterocycles. The highest BCUT2D eigenvalue weighted by Crippen LogP contribution is 2.61. The Kier molecular flexibility index (Phi) is 5.47. The number of halogens is 1. The molecule has 28 heavy (non-hydrogen) atoms. The average Bonchev–Trinajstić information content (AvgIpc) is 3.20. The average molecular weight is 411 g/mol. The van der Waals surface area contributed by atoms with Gasteiger partial charge in [-0.25, -0.2) is 9.18 Å². The molecule has 1 unspecified atom stereocenters. The molecule has 9 nitrogen and oxygen atoms in total. The molecule has 0 aromatic heterocycles. The van der Waals surface area contributed by atoms with Crippen molar-refractivity contribution in [2.45, 2.75) is 26.3 Å². The molecule has 0 saturated heterocycles. The van der Waals surface area contributed by atoms with Crippen LogP contribution in [-0.2, 0) is 28.7 Å². The Morgan fingerprint density at radius 3 is 2.50 bits per heavy atom. The predicted molar refractivity (Wildman–Crippen MR) is 96.5 cm³/mol. The number of carbonyl (C=O) groups excluding carboxylic acids is 2. The van der Waals surface area contributed by atoms with Gasteiger partial charge in [0.05, 0.1) is 19.8 Å². The summed E-state index contributed by atoms with van der Waals surface area (Å²) in [5, 5.41) is 10.4. The highest BCUT2D eigenvalue weighted by atomic mass is 31.2. The zero-order valence-electron chi connectivity index (χ0n) is 15.5. The first-order chi connectivity index (χ1) is 13.3. The molecular formula is C17H19FN3O6P. The number of azo groups is 1. The minimum atomic E-state index is -3.84. The first-order valence-corrected chi connectivity index (χ1v) is 10.2. The van der Waals surface area contributed by atoms with Gasteiger partial charge in [0.1, 0.15) is 11.4 Å². The molecule has 0 saturated carbocycles. The Morgan fingerprint density at radius 2 is 1.89 bits per heavy atom. The highest BCUT2D eigenvalue weighted by Gasteiger charge is 2.54. The van der Waals surface area contributed by atoms with Gasteiger partial charge in [0.2, 0.25) is 5.54 Å². The first-order valence-electron chi connectivity index (χ1n) is 8.70. The van der Waals surface area contributed by atoms with E-state index in [0.717, 1.165) is 6.07 Å². The van der Waals surface area contributed by atoms with E-state index in [0.29, 0.717) is 0 Å². The number of fused-ring (bicyclic) bond motifs is 2. The lowest BCUT2D eigenvalue weighted by Gasteiger charge is -2.18.